The minimum Gasteiger partial charge on any atom is -0.263 e. The minimum atomic E-state index is 0.713. The van der Waals surface area contributed by atoms with Crippen LogP contribution in [0.15, 0.2) is 22.9 Å². The number of pyridine rings is 1. The van der Waals surface area contributed by atoms with Crippen molar-refractivity contribution < 1.29 is 0 Å². The van der Waals surface area contributed by atoms with Gasteiger partial charge in [-0.3, -0.25) is 5.10 Å². The van der Waals surface area contributed by atoms with Gasteiger partial charge in [0.05, 0.1) is 0 Å². The monoisotopic (exact) mass is 252 g/mol. The van der Waals surface area contributed by atoms with Crippen LogP contribution in [0.4, 0.5) is 0 Å². The molecule has 0 spiro atoms. The summed E-state index contributed by atoms with van der Waals surface area (Å²) in [6.45, 7) is 1.89. The normalized spacial score (nSPS) is 10.4. The molecule has 0 atom stereocenters. The third-order valence-electron chi connectivity index (χ3n) is 1.79. The van der Waals surface area contributed by atoms with Gasteiger partial charge in [-0.1, -0.05) is 6.07 Å². The van der Waals surface area contributed by atoms with Crippen molar-refractivity contribution in [3.05, 3.63) is 40.1 Å². The molecule has 14 heavy (non-hydrogen) atoms. The first kappa shape index (κ1) is 9.33. The molecule has 5 heteroatoms. The van der Waals surface area contributed by atoms with Crippen LogP contribution in [-0.2, 0) is 6.42 Å². The third kappa shape index (κ3) is 2.17. The van der Waals surface area contributed by atoms with Gasteiger partial charge in [-0.15, -0.1) is 0 Å². The molecule has 0 aromatic carbocycles. The van der Waals surface area contributed by atoms with Gasteiger partial charge < -0.3 is 0 Å². The van der Waals surface area contributed by atoms with Crippen LogP contribution in [0.1, 0.15) is 17.2 Å². The highest BCUT2D eigenvalue weighted by Gasteiger charge is 2.01. The van der Waals surface area contributed by atoms with Gasteiger partial charge in [-0.05, 0) is 34.5 Å². The lowest BCUT2D eigenvalue weighted by atomic mass is 10.2. The SMILES string of the molecule is Cc1nc(Cc2ccc(Br)nc2)n[nH]1. The molecule has 0 saturated heterocycles. The van der Waals surface area contributed by atoms with E-state index in [4.69, 9.17) is 0 Å². The molecule has 0 amide bonds. The zero-order chi connectivity index (χ0) is 9.97. The Labute approximate surface area is 89.9 Å². The largest absolute Gasteiger partial charge is 0.263 e. The van der Waals surface area contributed by atoms with E-state index < -0.39 is 0 Å². The van der Waals surface area contributed by atoms with Gasteiger partial charge in [0.2, 0.25) is 0 Å². The summed E-state index contributed by atoms with van der Waals surface area (Å²) in [5.41, 5.74) is 1.10. The highest BCUT2D eigenvalue weighted by molar-refractivity contribution is 9.10. The third-order valence-corrected chi connectivity index (χ3v) is 2.26. The Bertz CT molecular complexity index is 421. The van der Waals surface area contributed by atoms with Crippen molar-refractivity contribution in [1.82, 2.24) is 20.2 Å². The van der Waals surface area contributed by atoms with Crippen molar-refractivity contribution >= 4 is 15.9 Å². The summed E-state index contributed by atoms with van der Waals surface area (Å²) >= 11 is 3.29. The van der Waals surface area contributed by atoms with Crippen LogP contribution < -0.4 is 0 Å². The number of aromatic amines is 1. The van der Waals surface area contributed by atoms with Crippen molar-refractivity contribution in [3.8, 4) is 0 Å². The molecular formula is C9H9BrN4. The Hall–Kier alpha value is -1.23. The minimum absolute atomic E-state index is 0.713. The summed E-state index contributed by atoms with van der Waals surface area (Å²) < 4.78 is 0.840. The summed E-state index contributed by atoms with van der Waals surface area (Å²) in [5.74, 6) is 1.64. The average Bonchev–Trinajstić information content (AvgIpc) is 2.56. The first-order valence-corrected chi connectivity index (χ1v) is 5.01. The van der Waals surface area contributed by atoms with Crippen LogP contribution in [0.2, 0.25) is 0 Å². The number of aryl methyl sites for hydroxylation is 1. The van der Waals surface area contributed by atoms with Gasteiger partial charge in [0.1, 0.15) is 10.4 Å². The number of rotatable bonds is 2. The summed E-state index contributed by atoms with van der Waals surface area (Å²) in [7, 11) is 0. The number of nitrogens with zero attached hydrogens (tertiary/aromatic N) is 3. The van der Waals surface area contributed by atoms with Crippen molar-refractivity contribution in [3.63, 3.8) is 0 Å². The number of hydrogen-bond donors (Lipinski definition) is 1. The van der Waals surface area contributed by atoms with E-state index in [1.165, 1.54) is 0 Å². The number of aromatic nitrogens is 4. The van der Waals surface area contributed by atoms with Crippen molar-refractivity contribution in [2.75, 3.05) is 0 Å². The second-order valence-electron chi connectivity index (χ2n) is 3.00. The maximum Gasteiger partial charge on any atom is 0.155 e. The number of nitrogens with one attached hydrogen (secondary N) is 1. The molecule has 4 nitrogen and oxygen atoms in total. The van der Waals surface area contributed by atoms with Gasteiger partial charge in [-0.25, -0.2) is 9.97 Å². The van der Waals surface area contributed by atoms with E-state index in [0.29, 0.717) is 6.42 Å². The first-order chi connectivity index (χ1) is 6.74. The Morgan fingerprint density at radius 2 is 2.29 bits per heavy atom. The maximum absolute atomic E-state index is 4.22. The zero-order valence-corrected chi connectivity index (χ0v) is 9.24. The second kappa shape index (κ2) is 3.88. The van der Waals surface area contributed by atoms with E-state index in [-0.39, 0.29) is 0 Å². The predicted octanol–water partition coefficient (Wildman–Crippen LogP) is 1.86. The summed E-state index contributed by atoms with van der Waals surface area (Å²) in [5, 5.41) is 6.87. The molecule has 0 bridgehead atoms. The Morgan fingerprint density at radius 1 is 1.43 bits per heavy atom. The van der Waals surface area contributed by atoms with Gasteiger partial charge in [0, 0.05) is 12.6 Å². The van der Waals surface area contributed by atoms with Crippen molar-refractivity contribution in [1.29, 1.82) is 0 Å². The lowest BCUT2D eigenvalue weighted by Gasteiger charge is -1.95. The van der Waals surface area contributed by atoms with Crippen LogP contribution in [-0.4, -0.2) is 20.2 Å². The number of H-pyrrole nitrogens is 1. The predicted molar refractivity (Wildman–Crippen MR) is 55.9 cm³/mol. The molecule has 2 heterocycles. The molecule has 0 aliphatic rings. The van der Waals surface area contributed by atoms with Crippen LogP contribution in [0, 0.1) is 6.92 Å². The summed E-state index contributed by atoms with van der Waals surface area (Å²) in [6, 6.07) is 3.91. The van der Waals surface area contributed by atoms with Crippen molar-refractivity contribution in [2.45, 2.75) is 13.3 Å². The lowest BCUT2D eigenvalue weighted by Crippen LogP contribution is -1.91. The Kier molecular flexibility index (Phi) is 2.58. The number of halogens is 1. The molecule has 2 rings (SSSR count). The molecule has 0 aliphatic carbocycles. The van der Waals surface area contributed by atoms with E-state index in [1.54, 1.807) is 0 Å². The molecule has 0 fully saturated rings. The van der Waals surface area contributed by atoms with Crippen molar-refractivity contribution in [2.24, 2.45) is 0 Å². The van der Waals surface area contributed by atoms with Gasteiger partial charge in [-0.2, -0.15) is 5.10 Å². The van der Waals surface area contributed by atoms with Gasteiger partial charge in [0.25, 0.3) is 0 Å². The molecule has 0 aliphatic heterocycles. The van der Waals surface area contributed by atoms with E-state index in [9.17, 15) is 0 Å². The molecule has 2 aromatic heterocycles. The Balaban J connectivity index is 2.15. The summed E-state index contributed by atoms with van der Waals surface area (Å²) in [6.07, 6.45) is 2.53. The smallest absolute Gasteiger partial charge is 0.155 e. The first-order valence-electron chi connectivity index (χ1n) is 4.22. The van der Waals surface area contributed by atoms with Crippen LogP contribution in [0.3, 0.4) is 0 Å². The van der Waals surface area contributed by atoms with Gasteiger partial charge in [0.15, 0.2) is 5.82 Å². The molecule has 0 unspecified atom stereocenters. The topological polar surface area (TPSA) is 54.5 Å². The highest BCUT2D eigenvalue weighted by Crippen LogP contribution is 2.08. The Morgan fingerprint density at radius 3 is 2.86 bits per heavy atom. The molecule has 2 aromatic rings. The molecule has 1 N–H and O–H groups in total. The zero-order valence-electron chi connectivity index (χ0n) is 7.66. The molecular weight excluding hydrogens is 244 g/mol. The number of hydrogen-bond acceptors (Lipinski definition) is 3. The highest BCUT2D eigenvalue weighted by atomic mass is 79.9. The van der Waals surface area contributed by atoms with Crippen LogP contribution in [0.5, 0.6) is 0 Å². The lowest BCUT2D eigenvalue weighted by molar-refractivity contribution is 0.962. The van der Waals surface area contributed by atoms with E-state index in [0.717, 1.165) is 21.8 Å². The standard InChI is InChI=1S/C9H9BrN4/c1-6-12-9(14-13-6)4-7-2-3-8(10)11-5-7/h2-3,5H,4H2,1H3,(H,12,13,14). The van der Waals surface area contributed by atoms with Crippen LogP contribution in [0.25, 0.3) is 0 Å². The van der Waals surface area contributed by atoms with E-state index in [2.05, 4.69) is 36.1 Å². The average molecular weight is 253 g/mol. The second-order valence-corrected chi connectivity index (χ2v) is 3.82. The maximum atomic E-state index is 4.22. The fourth-order valence-corrected chi connectivity index (χ4v) is 1.40. The van der Waals surface area contributed by atoms with Gasteiger partial charge >= 0.3 is 0 Å². The fraction of sp³-hybridized carbons (Fsp3) is 0.222. The molecule has 72 valence electrons. The fourth-order valence-electron chi connectivity index (χ4n) is 1.16. The van der Waals surface area contributed by atoms with Crippen LogP contribution >= 0.6 is 15.9 Å². The quantitative estimate of drug-likeness (QED) is 0.831. The molecule has 0 radical (unpaired) electrons. The molecule has 0 saturated carbocycles. The summed E-state index contributed by atoms with van der Waals surface area (Å²) in [4.78, 5) is 8.36. The van der Waals surface area contributed by atoms with E-state index in [1.807, 2.05) is 25.3 Å². The van der Waals surface area contributed by atoms with E-state index >= 15 is 0 Å².